The monoisotopic (exact) mass is 273 g/mol. The van der Waals surface area contributed by atoms with Gasteiger partial charge in [0.1, 0.15) is 9.84 Å². The van der Waals surface area contributed by atoms with Crippen molar-refractivity contribution in [2.75, 3.05) is 19.3 Å². The van der Waals surface area contributed by atoms with Crippen LogP contribution in [-0.4, -0.2) is 33.0 Å². The zero-order chi connectivity index (χ0) is 13.2. The molecule has 1 saturated heterocycles. The molecule has 1 aliphatic carbocycles. The van der Waals surface area contributed by atoms with Gasteiger partial charge in [0.15, 0.2) is 0 Å². The first-order valence-electron chi connectivity index (χ1n) is 7.36. The van der Waals surface area contributed by atoms with Crippen LogP contribution in [0.5, 0.6) is 0 Å². The molecule has 0 radical (unpaired) electrons. The van der Waals surface area contributed by atoms with Crippen LogP contribution < -0.4 is 5.32 Å². The highest BCUT2D eigenvalue weighted by Gasteiger charge is 2.31. The molecule has 0 aromatic carbocycles. The van der Waals surface area contributed by atoms with Gasteiger partial charge in [-0.2, -0.15) is 0 Å². The highest BCUT2D eigenvalue weighted by molar-refractivity contribution is 7.91. The minimum absolute atomic E-state index is 0.0666. The summed E-state index contributed by atoms with van der Waals surface area (Å²) in [6.07, 6.45) is 8.01. The highest BCUT2D eigenvalue weighted by atomic mass is 32.2. The van der Waals surface area contributed by atoms with Gasteiger partial charge < -0.3 is 5.32 Å². The summed E-state index contributed by atoms with van der Waals surface area (Å²) in [6.45, 7) is 4.62. The molecule has 4 atom stereocenters. The first-order valence-corrected chi connectivity index (χ1v) is 9.32. The zero-order valence-electron chi connectivity index (χ0n) is 11.7. The van der Waals surface area contributed by atoms with E-state index in [2.05, 4.69) is 12.2 Å². The predicted molar refractivity (Wildman–Crippen MR) is 75.3 cm³/mol. The van der Waals surface area contributed by atoms with Crippen LogP contribution in [0.25, 0.3) is 0 Å². The van der Waals surface area contributed by atoms with Crippen LogP contribution in [0.15, 0.2) is 0 Å². The average molecular weight is 273 g/mol. The van der Waals surface area contributed by atoms with Crippen molar-refractivity contribution < 1.29 is 8.42 Å². The van der Waals surface area contributed by atoms with E-state index >= 15 is 0 Å². The predicted octanol–water partition coefficient (Wildman–Crippen LogP) is 2.23. The molecule has 0 aromatic heterocycles. The van der Waals surface area contributed by atoms with Crippen LogP contribution in [0.1, 0.15) is 45.4 Å². The lowest BCUT2D eigenvalue weighted by molar-refractivity contribution is 0.202. The van der Waals surface area contributed by atoms with E-state index in [4.69, 9.17) is 0 Å². The Morgan fingerprint density at radius 3 is 2.67 bits per heavy atom. The van der Waals surface area contributed by atoms with Gasteiger partial charge in [-0.05, 0) is 56.5 Å². The number of nitrogens with one attached hydrogen (secondary N) is 1. The second kappa shape index (κ2) is 5.91. The van der Waals surface area contributed by atoms with Gasteiger partial charge in [0.25, 0.3) is 0 Å². The Kier molecular flexibility index (Phi) is 4.70. The Balaban J connectivity index is 1.89. The van der Waals surface area contributed by atoms with E-state index in [1.165, 1.54) is 25.5 Å². The van der Waals surface area contributed by atoms with Crippen molar-refractivity contribution >= 4 is 9.84 Å². The van der Waals surface area contributed by atoms with Crippen molar-refractivity contribution in [3.05, 3.63) is 0 Å². The standard InChI is InChI=1S/C14H27NO2S/c1-11-6-7-15-10-13(11)8-12-4-3-5-14(9-12)18(2,16)17/h11-15H,3-10H2,1-2H3. The smallest absolute Gasteiger partial charge is 0.150 e. The second-order valence-corrected chi connectivity index (χ2v) is 8.78. The van der Waals surface area contributed by atoms with Crippen molar-refractivity contribution in [1.82, 2.24) is 5.32 Å². The third-order valence-corrected chi connectivity index (χ3v) is 6.60. The van der Waals surface area contributed by atoms with Gasteiger partial charge in [0, 0.05) is 6.26 Å². The van der Waals surface area contributed by atoms with Crippen molar-refractivity contribution in [3.8, 4) is 0 Å². The van der Waals surface area contributed by atoms with Crippen LogP contribution >= 0.6 is 0 Å². The number of sulfone groups is 1. The maximum absolute atomic E-state index is 11.7. The number of rotatable bonds is 3. The van der Waals surface area contributed by atoms with E-state index in [1.54, 1.807) is 0 Å². The maximum Gasteiger partial charge on any atom is 0.150 e. The molecule has 0 bridgehead atoms. The Labute approximate surface area is 112 Å². The van der Waals surface area contributed by atoms with Gasteiger partial charge in [-0.1, -0.05) is 19.8 Å². The fourth-order valence-electron chi connectivity index (χ4n) is 3.64. The Bertz CT molecular complexity index is 366. The van der Waals surface area contributed by atoms with Crippen molar-refractivity contribution in [3.63, 3.8) is 0 Å². The van der Waals surface area contributed by atoms with Gasteiger partial charge in [0.2, 0.25) is 0 Å². The lowest BCUT2D eigenvalue weighted by Crippen LogP contribution is -2.37. The SMILES string of the molecule is CC1CCNCC1CC1CCCC(S(C)(=O)=O)C1. The summed E-state index contributed by atoms with van der Waals surface area (Å²) in [5.41, 5.74) is 0. The van der Waals surface area contributed by atoms with E-state index < -0.39 is 9.84 Å². The van der Waals surface area contributed by atoms with Crippen LogP contribution in [0.2, 0.25) is 0 Å². The molecular weight excluding hydrogens is 246 g/mol. The quantitative estimate of drug-likeness (QED) is 0.857. The summed E-state index contributed by atoms with van der Waals surface area (Å²) >= 11 is 0. The summed E-state index contributed by atoms with van der Waals surface area (Å²) < 4.78 is 23.4. The summed E-state index contributed by atoms with van der Waals surface area (Å²) in [5.74, 6) is 2.18. The molecule has 1 aliphatic heterocycles. The molecule has 4 heteroatoms. The number of hydrogen-bond donors (Lipinski definition) is 1. The fourth-order valence-corrected chi connectivity index (χ4v) is 4.86. The third kappa shape index (κ3) is 3.70. The number of piperidine rings is 1. The minimum atomic E-state index is -2.83. The van der Waals surface area contributed by atoms with E-state index in [0.717, 1.165) is 44.2 Å². The molecule has 1 heterocycles. The molecular formula is C14H27NO2S. The summed E-state index contributed by atoms with van der Waals surface area (Å²) in [4.78, 5) is 0. The topological polar surface area (TPSA) is 46.2 Å². The number of hydrogen-bond acceptors (Lipinski definition) is 3. The van der Waals surface area contributed by atoms with Crippen LogP contribution in [0, 0.1) is 17.8 Å². The maximum atomic E-state index is 11.7. The zero-order valence-corrected chi connectivity index (χ0v) is 12.5. The van der Waals surface area contributed by atoms with Gasteiger partial charge in [-0.25, -0.2) is 8.42 Å². The molecule has 3 nitrogen and oxygen atoms in total. The van der Waals surface area contributed by atoms with Crippen molar-refractivity contribution in [2.45, 2.75) is 50.7 Å². The lowest BCUT2D eigenvalue weighted by Gasteiger charge is -2.35. The van der Waals surface area contributed by atoms with Crippen LogP contribution in [-0.2, 0) is 9.84 Å². The molecule has 1 N–H and O–H groups in total. The van der Waals surface area contributed by atoms with E-state index in [-0.39, 0.29) is 5.25 Å². The van der Waals surface area contributed by atoms with Gasteiger partial charge >= 0.3 is 0 Å². The Hall–Kier alpha value is -0.0900. The van der Waals surface area contributed by atoms with E-state index in [0.29, 0.717) is 5.92 Å². The third-order valence-electron chi connectivity index (χ3n) is 4.96. The average Bonchev–Trinajstić information content (AvgIpc) is 2.31. The molecule has 4 unspecified atom stereocenters. The molecule has 0 spiro atoms. The molecule has 1 saturated carbocycles. The minimum Gasteiger partial charge on any atom is -0.316 e. The van der Waals surface area contributed by atoms with E-state index in [9.17, 15) is 8.42 Å². The van der Waals surface area contributed by atoms with Gasteiger partial charge in [-0.3, -0.25) is 0 Å². The van der Waals surface area contributed by atoms with Crippen molar-refractivity contribution in [2.24, 2.45) is 17.8 Å². The fraction of sp³-hybridized carbons (Fsp3) is 1.00. The first kappa shape index (κ1) is 14.3. The molecule has 2 fully saturated rings. The van der Waals surface area contributed by atoms with Gasteiger partial charge in [-0.15, -0.1) is 0 Å². The van der Waals surface area contributed by atoms with Crippen LogP contribution in [0.3, 0.4) is 0 Å². The lowest BCUT2D eigenvalue weighted by atomic mass is 9.77. The summed E-state index contributed by atoms with van der Waals surface area (Å²) in [6, 6.07) is 0. The highest BCUT2D eigenvalue weighted by Crippen LogP contribution is 2.35. The van der Waals surface area contributed by atoms with E-state index in [1.807, 2.05) is 0 Å². The molecule has 0 amide bonds. The van der Waals surface area contributed by atoms with Gasteiger partial charge in [0.05, 0.1) is 5.25 Å². The molecule has 0 aromatic rings. The largest absolute Gasteiger partial charge is 0.316 e. The Morgan fingerprint density at radius 2 is 2.00 bits per heavy atom. The molecule has 18 heavy (non-hydrogen) atoms. The molecule has 2 rings (SSSR count). The van der Waals surface area contributed by atoms with Crippen molar-refractivity contribution in [1.29, 1.82) is 0 Å². The first-order chi connectivity index (χ1) is 8.47. The summed E-state index contributed by atoms with van der Waals surface area (Å²) in [5, 5.41) is 3.41. The Morgan fingerprint density at radius 1 is 1.22 bits per heavy atom. The summed E-state index contributed by atoms with van der Waals surface area (Å²) in [7, 11) is -2.83. The molecule has 2 aliphatic rings. The van der Waals surface area contributed by atoms with Crippen LogP contribution in [0.4, 0.5) is 0 Å². The normalized spacial score (nSPS) is 38.6. The molecule has 106 valence electrons. The second-order valence-electron chi connectivity index (χ2n) is 6.45.